The van der Waals surface area contributed by atoms with Gasteiger partial charge in [0, 0.05) is 31.1 Å². The molecule has 0 radical (unpaired) electrons. The molecule has 0 amide bonds. The highest BCUT2D eigenvalue weighted by atomic mass is 35.5. The van der Waals surface area contributed by atoms with Gasteiger partial charge in [0.25, 0.3) is 0 Å². The van der Waals surface area contributed by atoms with Gasteiger partial charge in [-0.3, -0.25) is 9.97 Å². The second kappa shape index (κ2) is 9.64. The second-order valence-corrected chi connectivity index (χ2v) is 7.72. The zero-order chi connectivity index (χ0) is 24.3. The normalized spacial score (nSPS) is 14.2. The number of nitrogens with one attached hydrogen (secondary N) is 1. The Bertz CT molecular complexity index is 1070. The number of nitrogens with zero attached hydrogens (tertiary/aromatic N) is 2. The monoisotopic (exact) mass is 491 g/mol. The first-order chi connectivity index (χ1) is 15.4. The van der Waals surface area contributed by atoms with E-state index in [1.807, 2.05) is 0 Å². The van der Waals surface area contributed by atoms with Gasteiger partial charge in [-0.1, -0.05) is 17.7 Å². The van der Waals surface area contributed by atoms with Gasteiger partial charge in [0.2, 0.25) is 0 Å². The maximum Gasteiger partial charge on any atom is 0.416 e. The fraction of sp³-hybridized carbons (Fsp3) is 0.273. The summed E-state index contributed by atoms with van der Waals surface area (Å²) in [5, 5.41) is 2.90. The third-order valence-corrected chi connectivity index (χ3v) is 5.11. The molecule has 0 saturated heterocycles. The molecule has 2 aromatic heterocycles. The van der Waals surface area contributed by atoms with Gasteiger partial charge in [-0.2, -0.15) is 26.3 Å². The number of hydrogen-bond donors (Lipinski definition) is 1. The summed E-state index contributed by atoms with van der Waals surface area (Å²) >= 11 is 5.89. The van der Waals surface area contributed by atoms with Crippen LogP contribution >= 0.6 is 11.6 Å². The first-order valence-corrected chi connectivity index (χ1v) is 9.99. The molecular formula is C22H17ClF7N3. The summed E-state index contributed by atoms with van der Waals surface area (Å²) in [5.41, 5.74) is -2.91. The molecular weight excluding hydrogens is 475 g/mol. The molecule has 0 saturated carbocycles. The fourth-order valence-electron chi connectivity index (χ4n) is 3.42. The van der Waals surface area contributed by atoms with Crippen molar-refractivity contribution in [1.29, 1.82) is 0 Å². The molecule has 3 rings (SSSR count). The fourth-order valence-corrected chi connectivity index (χ4v) is 3.53. The van der Waals surface area contributed by atoms with Gasteiger partial charge >= 0.3 is 12.4 Å². The average Bonchev–Trinajstić information content (AvgIpc) is 2.72. The summed E-state index contributed by atoms with van der Waals surface area (Å²) < 4.78 is 93.4. The van der Waals surface area contributed by atoms with E-state index in [-0.39, 0.29) is 22.7 Å². The minimum Gasteiger partial charge on any atom is -0.302 e. The number of rotatable bonds is 7. The van der Waals surface area contributed by atoms with E-state index in [1.165, 1.54) is 24.5 Å². The SMILES string of the molecule is Fc1cc(C(F)(F)F)cc([C@](Cc2ccccn2)(NCCC(F)(F)F)c2ccc(Cl)cn2)c1. The maximum atomic E-state index is 14.4. The average molecular weight is 492 g/mol. The number of benzene rings is 1. The smallest absolute Gasteiger partial charge is 0.302 e. The Morgan fingerprint density at radius 3 is 2.18 bits per heavy atom. The molecule has 1 atom stereocenters. The molecule has 0 unspecified atom stereocenters. The molecule has 0 spiro atoms. The maximum absolute atomic E-state index is 14.4. The molecule has 1 aromatic carbocycles. The lowest BCUT2D eigenvalue weighted by Crippen LogP contribution is -2.47. The van der Waals surface area contributed by atoms with Crippen LogP contribution in [0, 0.1) is 5.82 Å². The van der Waals surface area contributed by atoms with E-state index in [0.717, 1.165) is 6.07 Å². The highest BCUT2D eigenvalue weighted by Gasteiger charge is 2.40. The molecule has 0 aliphatic carbocycles. The number of pyridine rings is 2. The van der Waals surface area contributed by atoms with E-state index in [9.17, 15) is 30.7 Å². The zero-order valence-electron chi connectivity index (χ0n) is 16.8. The van der Waals surface area contributed by atoms with Gasteiger partial charge < -0.3 is 5.32 Å². The Kier molecular flexibility index (Phi) is 7.28. The van der Waals surface area contributed by atoms with Crippen LogP contribution in [0.5, 0.6) is 0 Å². The van der Waals surface area contributed by atoms with Gasteiger partial charge in [0.15, 0.2) is 0 Å². The molecule has 0 bridgehead atoms. The lowest BCUT2D eigenvalue weighted by atomic mass is 9.80. The summed E-state index contributed by atoms with van der Waals surface area (Å²) in [7, 11) is 0. The predicted molar refractivity (Wildman–Crippen MR) is 108 cm³/mol. The van der Waals surface area contributed by atoms with E-state index in [2.05, 4.69) is 15.3 Å². The first-order valence-electron chi connectivity index (χ1n) is 9.61. The summed E-state index contributed by atoms with van der Waals surface area (Å²) in [5.74, 6) is -1.20. The van der Waals surface area contributed by atoms with Gasteiger partial charge in [0.1, 0.15) is 5.82 Å². The first kappa shape index (κ1) is 24.9. The van der Waals surface area contributed by atoms with E-state index in [0.29, 0.717) is 17.8 Å². The summed E-state index contributed by atoms with van der Waals surface area (Å²) in [4.78, 5) is 8.30. The van der Waals surface area contributed by atoms with Crippen LogP contribution in [0.15, 0.2) is 60.9 Å². The molecule has 176 valence electrons. The van der Waals surface area contributed by atoms with Crippen LogP contribution < -0.4 is 5.32 Å². The van der Waals surface area contributed by atoms with Crippen LogP contribution in [-0.2, 0) is 18.1 Å². The van der Waals surface area contributed by atoms with Crippen LogP contribution in [0.1, 0.15) is 28.9 Å². The van der Waals surface area contributed by atoms with E-state index in [1.54, 1.807) is 18.2 Å². The Labute approximate surface area is 189 Å². The molecule has 3 nitrogen and oxygen atoms in total. The van der Waals surface area contributed by atoms with Crippen molar-refractivity contribution in [1.82, 2.24) is 15.3 Å². The molecule has 11 heteroatoms. The lowest BCUT2D eigenvalue weighted by molar-refractivity contribution is -0.137. The van der Waals surface area contributed by atoms with Crippen LogP contribution in [0.4, 0.5) is 30.7 Å². The second-order valence-electron chi connectivity index (χ2n) is 7.28. The molecule has 3 aromatic rings. The summed E-state index contributed by atoms with van der Waals surface area (Å²) in [6.45, 7) is -0.668. The van der Waals surface area contributed by atoms with Crippen molar-refractivity contribution < 1.29 is 30.7 Å². The van der Waals surface area contributed by atoms with E-state index < -0.39 is 42.2 Å². The van der Waals surface area contributed by atoms with Crippen molar-refractivity contribution in [3.63, 3.8) is 0 Å². The van der Waals surface area contributed by atoms with Crippen molar-refractivity contribution in [3.8, 4) is 0 Å². The molecule has 0 fully saturated rings. The molecule has 33 heavy (non-hydrogen) atoms. The Balaban J connectivity index is 2.23. The van der Waals surface area contributed by atoms with Crippen molar-refractivity contribution in [2.24, 2.45) is 0 Å². The largest absolute Gasteiger partial charge is 0.416 e. The van der Waals surface area contributed by atoms with Gasteiger partial charge in [-0.15, -0.1) is 0 Å². The zero-order valence-corrected chi connectivity index (χ0v) is 17.6. The number of hydrogen-bond acceptors (Lipinski definition) is 3. The minimum absolute atomic E-state index is 0.0541. The van der Waals surface area contributed by atoms with Crippen LogP contribution in [0.3, 0.4) is 0 Å². The molecule has 0 aliphatic rings. The Morgan fingerprint density at radius 1 is 0.879 bits per heavy atom. The molecule has 0 aliphatic heterocycles. The summed E-state index contributed by atoms with van der Waals surface area (Å²) in [6.07, 6.45) is -8.26. The third-order valence-electron chi connectivity index (χ3n) is 4.89. The third kappa shape index (κ3) is 6.42. The van der Waals surface area contributed by atoms with Crippen molar-refractivity contribution in [3.05, 3.63) is 94.3 Å². The number of halogens is 8. The summed E-state index contributed by atoms with van der Waals surface area (Å²) in [6, 6.07) is 9.39. The highest BCUT2D eigenvalue weighted by Crippen LogP contribution is 2.38. The van der Waals surface area contributed by atoms with Gasteiger partial charge in [0.05, 0.1) is 28.2 Å². The molecule has 1 N–H and O–H groups in total. The lowest BCUT2D eigenvalue weighted by Gasteiger charge is -2.36. The Morgan fingerprint density at radius 2 is 1.61 bits per heavy atom. The highest BCUT2D eigenvalue weighted by molar-refractivity contribution is 6.30. The number of aromatic nitrogens is 2. The predicted octanol–water partition coefficient (Wildman–Crippen LogP) is 6.32. The topological polar surface area (TPSA) is 37.8 Å². The van der Waals surface area contributed by atoms with E-state index >= 15 is 0 Å². The van der Waals surface area contributed by atoms with E-state index in [4.69, 9.17) is 11.6 Å². The van der Waals surface area contributed by atoms with Crippen molar-refractivity contribution >= 4 is 11.6 Å². The van der Waals surface area contributed by atoms with Gasteiger partial charge in [-0.05, 0) is 48.0 Å². The van der Waals surface area contributed by atoms with Crippen LogP contribution in [0.25, 0.3) is 0 Å². The standard InChI is InChI=1S/C22H17ClF7N3/c23-16-4-5-19(32-13-16)20(33-8-6-21(25,26)27,12-18-3-1-2-7-31-18)14-9-15(22(28,29)30)11-17(24)10-14/h1-5,7,9-11,13,33H,6,8,12H2/t20-/m0/s1. The van der Waals surface area contributed by atoms with Crippen LogP contribution in [-0.4, -0.2) is 22.7 Å². The van der Waals surface area contributed by atoms with Crippen molar-refractivity contribution in [2.75, 3.05) is 6.54 Å². The van der Waals surface area contributed by atoms with Crippen LogP contribution in [0.2, 0.25) is 5.02 Å². The van der Waals surface area contributed by atoms with Crippen molar-refractivity contribution in [2.45, 2.75) is 30.7 Å². The molecule has 2 heterocycles. The minimum atomic E-state index is -4.88. The van der Waals surface area contributed by atoms with Gasteiger partial charge in [-0.25, -0.2) is 4.39 Å². The Hall–Kier alpha value is -2.72. The quantitative estimate of drug-likeness (QED) is 0.393. The number of alkyl halides is 6.